The first-order valence-corrected chi connectivity index (χ1v) is 6.91. The Kier molecular flexibility index (Phi) is 4.64. The lowest BCUT2D eigenvalue weighted by Crippen LogP contribution is -2.27. The van der Waals surface area contributed by atoms with Crippen LogP contribution in [0.1, 0.15) is 38.3 Å². The van der Waals surface area contributed by atoms with Crippen molar-refractivity contribution in [3.63, 3.8) is 0 Å². The topological polar surface area (TPSA) is 108 Å². The minimum atomic E-state index is -0.841. The Labute approximate surface area is 122 Å². The summed E-state index contributed by atoms with van der Waals surface area (Å²) in [5.74, 6) is 1.18. The molecule has 1 aromatic carbocycles. The molecule has 0 aliphatic carbocycles. The molecule has 1 aromatic rings. The number of rotatable bonds is 6. The molecule has 0 fully saturated rings. The van der Waals surface area contributed by atoms with E-state index < -0.39 is 17.1 Å². The van der Waals surface area contributed by atoms with Crippen molar-refractivity contribution in [2.45, 2.75) is 38.8 Å². The van der Waals surface area contributed by atoms with E-state index in [0.29, 0.717) is 23.8 Å². The van der Waals surface area contributed by atoms with Gasteiger partial charge in [0.15, 0.2) is 11.5 Å². The Bertz CT molecular complexity index is 532. The van der Waals surface area contributed by atoms with E-state index in [-0.39, 0.29) is 18.0 Å². The molecule has 0 radical (unpaired) electrons. The van der Waals surface area contributed by atoms with Crippen LogP contribution in [0, 0.1) is 16.0 Å². The van der Waals surface area contributed by atoms with Gasteiger partial charge in [-0.15, -0.1) is 0 Å². The van der Waals surface area contributed by atoms with Crippen molar-refractivity contribution >= 4 is 5.69 Å². The van der Waals surface area contributed by atoms with E-state index in [1.165, 1.54) is 12.1 Å². The van der Waals surface area contributed by atoms with E-state index in [1.54, 1.807) is 0 Å². The van der Waals surface area contributed by atoms with Crippen LogP contribution in [0.15, 0.2) is 12.1 Å². The van der Waals surface area contributed by atoms with Gasteiger partial charge in [0.1, 0.15) is 0 Å². The highest BCUT2D eigenvalue weighted by molar-refractivity contribution is 5.56. The molecule has 2 rings (SSSR count). The molecule has 1 heterocycles. The molecule has 0 unspecified atom stereocenters. The minimum absolute atomic E-state index is 0.0289. The van der Waals surface area contributed by atoms with Gasteiger partial charge >= 0.3 is 0 Å². The first-order valence-electron chi connectivity index (χ1n) is 6.91. The fourth-order valence-corrected chi connectivity index (χ4v) is 2.26. The summed E-state index contributed by atoms with van der Waals surface area (Å²) in [5.41, 5.74) is 6.11. The predicted octanol–water partition coefficient (Wildman–Crippen LogP) is 2.12. The number of nitrogens with two attached hydrogens (primary N) is 1. The molecule has 3 N–H and O–H groups in total. The number of nitro groups is 1. The van der Waals surface area contributed by atoms with Gasteiger partial charge in [-0.3, -0.25) is 10.1 Å². The van der Waals surface area contributed by atoms with Crippen LogP contribution in [0.4, 0.5) is 5.69 Å². The van der Waals surface area contributed by atoms with Crippen molar-refractivity contribution in [3.8, 4) is 11.5 Å². The third-order valence-corrected chi connectivity index (χ3v) is 3.53. The van der Waals surface area contributed by atoms with E-state index >= 15 is 0 Å². The normalized spacial score (nSPS) is 16.0. The fraction of sp³-hybridized carbons (Fsp3) is 0.571. The van der Waals surface area contributed by atoms with Crippen LogP contribution in [0.2, 0.25) is 0 Å². The van der Waals surface area contributed by atoms with Gasteiger partial charge in [0.05, 0.1) is 28.7 Å². The maximum absolute atomic E-state index is 11.2. The molecule has 1 aliphatic rings. The average molecular weight is 296 g/mol. The number of benzene rings is 1. The molecule has 0 spiro atoms. The smallest absolute Gasteiger partial charge is 0.278 e. The van der Waals surface area contributed by atoms with E-state index in [2.05, 4.69) is 0 Å². The Balaban J connectivity index is 2.27. The number of aliphatic hydroxyl groups excluding tert-OH is 1. The van der Waals surface area contributed by atoms with Gasteiger partial charge in [-0.1, -0.05) is 13.8 Å². The standard InChI is InChI=1S/C14H20N2O5/c1-8(2)3-4-11(17)14(15)9-5-12-13(21-7-20-12)6-10(9)16(18)19/h5-6,8,11,14,17H,3-4,7,15H2,1-2H3/t11-,14+/m1/s1. The summed E-state index contributed by atoms with van der Waals surface area (Å²) in [5, 5.41) is 21.3. The molecule has 21 heavy (non-hydrogen) atoms. The third-order valence-electron chi connectivity index (χ3n) is 3.53. The number of aliphatic hydroxyl groups is 1. The Morgan fingerprint density at radius 2 is 1.95 bits per heavy atom. The fourth-order valence-electron chi connectivity index (χ4n) is 2.26. The molecule has 7 nitrogen and oxygen atoms in total. The second-order valence-electron chi connectivity index (χ2n) is 5.59. The van der Waals surface area contributed by atoms with Gasteiger partial charge < -0.3 is 20.3 Å². The molecule has 116 valence electrons. The molecule has 0 amide bonds. The van der Waals surface area contributed by atoms with Crippen LogP contribution in [-0.2, 0) is 0 Å². The Morgan fingerprint density at radius 3 is 2.52 bits per heavy atom. The summed E-state index contributed by atoms with van der Waals surface area (Å²) < 4.78 is 10.4. The van der Waals surface area contributed by atoms with E-state index in [9.17, 15) is 15.2 Å². The molecule has 2 atom stereocenters. The van der Waals surface area contributed by atoms with Crippen LogP contribution < -0.4 is 15.2 Å². The van der Waals surface area contributed by atoms with Crippen molar-refractivity contribution < 1.29 is 19.5 Å². The van der Waals surface area contributed by atoms with E-state index in [1.807, 2.05) is 13.8 Å². The van der Waals surface area contributed by atoms with E-state index in [0.717, 1.165) is 6.42 Å². The highest BCUT2D eigenvalue weighted by atomic mass is 16.7. The molecule has 1 aliphatic heterocycles. The van der Waals surface area contributed by atoms with Crippen molar-refractivity contribution in [2.24, 2.45) is 11.7 Å². The van der Waals surface area contributed by atoms with Crippen molar-refractivity contribution in [3.05, 3.63) is 27.8 Å². The van der Waals surface area contributed by atoms with Crippen molar-refractivity contribution in [1.29, 1.82) is 0 Å². The van der Waals surface area contributed by atoms with Crippen LogP contribution in [0.5, 0.6) is 11.5 Å². The summed E-state index contributed by atoms with van der Waals surface area (Å²) in [6.07, 6.45) is 0.448. The first kappa shape index (κ1) is 15.5. The molecule has 0 saturated carbocycles. The number of ether oxygens (including phenoxy) is 2. The number of hydrogen-bond acceptors (Lipinski definition) is 6. The zero-order chi connectivity index (χ0) is 15.6. The Hall–Kier alpha value is -1.86. The van der Waals surface area contributed by atoms with Crippen molar-refractivity contribution in [1.82, 2.24) is 0 Å². The second-order valence-corrected chi connectivity index (χ2v) is 5.59. The maximum atomic E-state index is 11.2. The van der Waals surface area contributed by atoms with Crippen molar-refractivity contribution in [2.75, 3.05) is 6.79 Å². The summed E-state index contributed by atoms with van der Waals surface area (Å²) in [6, 6.07) is 1.95. The lowest BCUT2D eigenvalue weighted by molar-refractivity contribution is -0.385. The summed E-state index contributed by atoms with van der Waals surface area (Å²) in [7, 11) is 0. The van der Waals surface area contributed by atoms with Gasteiger partial charge in [-0.05, 0) is 24.8 Å². The monoisotopic (exact) mass is 296 g/mol. The van der Waals surface area contributed by atoms with Gasteiger partial charge in [0, 0.05) is 0 Å². The molecular formula is C14H20N2O5. The maximum Gasteiger partial charge on any atom is 0.278 e. The SMILES string of the molecule is CC(C)CC[C@@H](O)[C@@H](N)c1cc2c(cc1[N+](=O)[O-])OCO2. The highest BCUT2D eigenvalue weighted by Gasteiger charge is 2.29. The second kappa shape index (κ2) is 6.28. The highest BCUT2D eigenvalue weighted by Crippen LogP contribution is 2.40. The number of nitrogens with zero attached hydrogens (tertiary/aromatic N) is 1. The Morgan fingerprint density at radius 1 is 1.33 bits per heavy atom. The molecule has 7 heteroatoms. The lowest BCUT2D eigenvalue weighted by Gasteiger charge is -2.20. The number of hydrogen-bond donors (Lipinski definition) is 2. The number of fused-ring (bicyclic) bond motifs is 1. The number of nitro benzene ring substituents is 1. The third kappa shape index (κ3) is 3.43. The summed E-state index contributed by atoms with van der Waals surface area (Å²) in [4.78, 5) is 10.7. The first-order chi connectivity index (χ1) is 9.90. The largest absolute Gasteiger partial charge is 0.454 e. The summed E-state index contributed by atoms with van der Waals surface area (Å²) >= 11 is 0. The van der Waals surface area contributed by atoms with Crippen LogP contribution >= 0.6 is 0 Å². The lowest BCUT2D eigenvalue weighted by atomic mass is 9.94. The quantitative estimate of drug-likeness (QED) is 0.615. The zero-order valence-electron chi connectivity index (χ0n) is 12.1. The van der Waals surface area contributed by atoms with Crippen LogP contribution in [0.3, 0.4) is 0 Å². The van der Waals surface area contributed by atoms with Gasteiger partial charge in [-0.2, -0.15) is 0 Å². The average Bonchev–Trinajstić information content (AvgIpc) is 2.89. The minimum Gasteiger partial charge on any atom is -0.454 e. The van der Waals surface area contributed by atoms with Gasteiger partial charge in [0.2, 0.25) is 6.79 Å². The van der Waals surface area contributed by atoms with Crippen LogP contribution in [-0.4, -0.2) is 22.9 Å². The van der Waals surface area contributed by atoms with Crippen LogP contribution in [0.25, 0.3) is 0 Å². The molecule has 0 saturated heterocycles. The van der Waals surface area contributed by atoms with Gasteiger partial charge in [0.25, 0.3) is 5.69 Å². The molecular weight excluding hydrogens is 276 g/mol. The summed E-state index contributed by atoms with van der Waals surface area (Å²) in [6.45, 7) is 4.11. The predicted molar refractivity (Wildman–Crippen MR) is 76.2 cm³/mol. The molecule has 0 aromatic heterocycles. The molecule has 0 bridgehead atoms. The van der Waals surface area contributed by atoms with E-state index in [4.69, 9.17) is 15.2 Å². The zero-order valence-corrected chi connectivity index (χ0v) is 12.1. The van der Waals surface area contributed by atoms with Gasteiger partial charge in [-0.25, -0.2) is 0 Å².